The van der Waals surface area contributed by atoms with Crippen LogP contribution in [0.5, 0.6) is 0 Å². The highest BCUT2D eigenvalue weighted by atomic mass is 35.5. The van der Waals surface area contributed by atoms with E-state index in [1.807, 2.05) is 0 Å². The highest BCUT2D eigenvalue weighted by Gasteiger charge is 2.47. The second-order valence-corrected chi connectivity index (χ2v) is 9.12. The first-order chi connectivity index (χ1) is 15.2. The summed E-state index contributed by atoms with van der Waals surface area (Å²) in [7, 11) is -3.93. The fourth-order valence-electron chi connectivity index (χ4n) is 3.61. The number of primary sulfonamides is 1. The van der Waals surface area contributed by atoms with Crippen LogP contribution in [0.15, 0.2) is 89.3 Å². The maximum absolute atomic E-state index is 13.0. The Labute approximate surface area is 189 Å². The molecule has 162 valence electrons. The lowest BCUT2D eigenvalue weighted by Gasteiger charge is -2.25. The van der Waals surface area contributed by atoms with Crippen molar-refractivity contribution in [2.24, 2.45) is 5.14 Å². The van der Waals surface area contributed by atoms with Gasteiger partial charge in [-0.1, -0.05) is 54.1 Å². The van der Waals surface area contributed by atoms with Crippen molar-refractivity contribution in [3.8, 4) is 0 Å². The van der Waals surface area contributed by atoms with Crippen LogP contribution in [-0.2, 0) is 19.6 Å². The van der Waals surface area contributed by atoms with E-state index in [1.165, 1.54) is 29.2 Å². The molecule has 1 amide bonds. The van der Waals surface area contributed by atoms with Crippen molar-refractivity contribution in [1.29, 1.82) is 0 Å². The molecule has 0 unspecified atom stereocenters. The molecule has 1 aliphatic rings. The third kappa shape index (κ3) is 3.91. The summed E-state index contributed by atoms with van der Waals surface area (Å²) in [5.74, 6) is -2.03. The Morgan fingerprint density at radius 2 is 1.50 bits per heavy atom. The Hall–Kier alpha value is -3.46. The first-order valence-corrected chi connectivity index (χ1v) is 11.4. The molecular weight excluding hydrogens is 452 g/mol. The van der Waals surface area contributed by atoms with Crippen molar-refractivity contribution in [2.75, 3.05) is 4.90 Å². The number of hydrogen-bond donors (Lipinski definition) is 2. The average Bonchev–Trinajstić information content (AvgIpc) is 3.04. The number of aliphatic hydroxyl groups is 1. The molecule has 1 atom stereocenters. The molecule has 4 rings (SSSR count). The fraction of sp³-hybridized carbons (Fsp3) is 0.0435. The van der Waals surface area contributed by atoms with E-state index in [9.17, 15) is 23.1 Å². The molecule has 0 aliphatic carbocycles. The number of carbonyl (C=O) groups excluding carboxylic acids is 2. The molecular formula is C23H17ClN2O5S. The van der Waals surface area contributed by atoms with Gasteiger partial charge in [0.1, 0.15) is 5.76 Å². The van der Waals surface area contributed by atoms with Crippen LogP contribution in [0.1, 0.15) is 17.2 Å². The minimum absolute atomic E-state index is 0.0842. The van der Waals surface area contributed by atoms with Crippen molar-refractivity contribution in [3.63, 3.8) is 0 Å². The van der Waals surface area contributed by atoms with E-state index in [1.54, 1.807) is 54.6 Å². The lowest BCUT2D eigenvalue weighted by Crippen LogP contribution is -2.29. The monoisotopic (exact) mass is 468 g/mol. The Morgan fingerprint density at radius 3 is 2.06 bits per heavy atom. The van der Waals surface area contributed by atoms with E-state index in [-0.39, 0.29) is 21.9 Å². The van der Waals surface area contributed by atoms with Crippen LogP contribution in [-0.4, -0.2) is 25.2 Å². The molecule has 1 heterocycles. The second kappa shape index (κ2) is 8.23. The van der Waals surface area contributed by atoms with Gasteiger partial charge in [0.25, 0.3) is 11.7 Å². The van der Waals surface area contributed by atoms with E-state index >= 15 is 0 Å². The zero-order valence-corrected chi connectivity index (χ0v) is 18.0. The van der Waals surface area contributed by atoms with Crippen LogP contribution in [0.25, 0.3) is 5.76 Å². The number of ketones is 1. The number of sulfonamides is 1. The maximum Gasteiger partial charge on any atom is 0.300 e. The topological polar surface area (TPSA) is 118 Å². The number of nitrogens with zero attached hydrogens (tertiary/aromatic N) is 1. The largest absolute Gasteiger partial charge is 0.507 e. The molecule has 9 heteroatoms. The Morgan fingerprint density at radius 1 is 0.906 bits per heavy atom. The first-order valence-electron chi connectivity index (χ1n) is 9.43. The van der Waals surface area contributed by atoms with Gasteiger partial charge in [-0.25, -0.2) is 13.6 Å². The molecule has 3 aromatic carbocycles. The van der Waals surface area contributed by atoms with Gasteiger partial charge in [0.05, 0.1) is 16.5 Å². The summed E-state index contributed by atoms with van der Waals surface area (Å²) >= 11 is 6.01. The Balaban J connectivity index is 1.92. The van der Waals surface area contributed by atoms with E-state index in [0.717, 1.165) is 0 Å². The van der Waals surface area contributed by atoms with E-state index in [0.29, 0.717) is 16.1 Å². The van der Waals surface area contributed by atoms with Crippen LogP contribution >= 0.6 is 11.6 Å². The van der Waals surface area contributed by atoms with Gasteiger partial charge >= 0.3 is 0 Å². The number of halogens is 1. The molecule has 32 heavy (non-hydrogen) atoms. The summed E-state index contributed by atoms with van der Waals surface area (Å²) in [6.45, 7) is 0. The quantitative estimate of drug-likeness (QED) is 0.344. The van der Waals surface area contributed by atoms with E-state index < -0.39 is 27.8 Å². The summed E-state index contributed by atoms with van der Waals surface area (Å²) in [5.41, 5.74) is 1.11. The second-order valence-electron chi connectivity index (χ2n) is 7.13. The van der Waals surface area contributed by atoms with Crippen molar-refractivity contribution in [2.45, 2.75) is 10.9 Å². The zero-order chi connectivity index (χ0) is 23.0. The van der Waals surface area contributed by atoms with Crippen LogP contribution in [0.2, 0.25) is 5.02 Å². The van der Waals surface area contributed by atoms with Gasteiger partial charge in [-0.3, -0.25) is 14.5 Å². The third-order valence-electron chi connectivity index (χ3n) is 5.12. The van der Waals surface area contributed by atoms with Crippen LogP contribution in [0.3, 0.4) is 0 Å². The number of nitrogens with two attached hydrogens (primary N) is 1. The number of benzene rings is 3. The van der Waals surface area contributed by atoms with Gasteiger partial charge in [0, 0.05) is 16.3 Å². The van der Waals surface area contributed by atoms with Crippen LogP contribution < -0.4 is 10.0 Å². The predicted molar refractivity (Wildman–Crippen MR) is 120 cm³/mol. The summed E-state index contributed by atoms with van der Waals surface area (Å²) in [6.07, 6.45) is 0. The molecule has 0 bridgehead atoms. The molecule has 1 aliphatic heterocycles. The smallest absolute Gasteiger partial charge is 0.300 e. The maximum atomic E-state index is 13.0. The van der Waals surface area contributed by atoms with Crippen molar-refractivity contribution in [1.82, 2.24) is 0 Å². The molecule has 0 aromatic heterocycles. The third-order valence-corrected chi connectivity index (χ3v) is 6.30. The Bertz CT molecular complexity index is 1340. The van der Waals surface area contributed by atoms with Crippen molar-refractivity contribution in [3.05, 3.63) is 101 Å². The molecule has 3 aromatic rings. The summed E-state index contributed by atoms with van der Waals surface area (Å²) < 4.78 is 23.2. The average molecular weight is 469 g/mol. The molecule has 0 spiro atoms. The van der Waals surface area contributed by atoms with Crippen molar-refractivity contribution >= 4 is 44.8 Å². The molecule has 3 N–H and O–H groups in total. The van der Waals surface area contributed by atoms with Crippen LogP contribution in [0, 0.1) is 0 Å². The molecule has 1 saturated heterocycles. The van der Waals surface area contributed by atoms with Gasteiger partial charge in [-0.15, -0.1) is 0 Å². The van der Waals surface area contributed by atoms with Gasteiger partial charge in [-0.05, 0) is 42.0 Å². The van der Waals surface area contributed by atoms with Gasteiger partial charge in [0.15, 0.2) is 0 Å². The number of amides is 1. The molecule has 0 radical (unpaired) electrons. The van der Waals surface area contributed by atoms with Gasteiger partial charge in [-0.2, -0.15) is 0 Å². The summed E-state index contributed by atoms with van der Waals surface area (Å²) in [5, 5.41) is 16.6. The molecule has 0 saturated carbocycles. The minimum Gasteiger partial charge on any atom is -0.507 e. The fourth-order valence-corrected chi connectivity index (χ4v) is 4.25. The summed E-state index contributed by atoms with van der Waals surface area (Å²) in [6, 6.07) is 19.3. The number of Topliss-reactive ketones (excluding diaryl/α,β-unsaturated/α-hetero) is 1. The van der Waals surface area contributed by atoms with E-state index in [2.05, 4.69) is 0 Å². The SMILES string of the molecule is NS(=O)(=O)c1ccc(N2C(=O)C(=O)/C(=C(/O)c3ccccc3)[C@@H]2c2ccc(Cl)cc2)cc1. The van der Waals surface area contributed by atoms with Crippen molar-refractivity contribution < 1.29 is 23.1 Å². The normalized spacial score (nSPS) is 18.2. The molecule has 1 fully saturated rings. The van der Waals surface area contributed by atoms with Crippen LogP contribution in [0.4, 0.5) is 5.69 Å². The predicted octanol–water partition coefficient (Wildman–Crippen LogP) is 3.61. The zero-order valence-electron chi connectivity index (χ0n) is 16.5. The Kier molecular flexibility index (Phi) is 5.60. The number of rotatable bonds is 4. The number of carbonyl (C=O) groups is 2. The lowest BCUT2D eigenvalue weighted by atomic mass is 9.95. The highest BCUT2D eigenvalue weighted by Crippen LogP contribution is 2.42. The molecule has 7 nitrogen and oxygen atoms in total. The van der Waals surface area contributed by atoms with Gasteiger partial charge < -0.3 is 5.11 Å². The van der Waals surface area contributed by atoms with Gasteiger partial charge in [0.2, 0.25) is 10.0 Å². The number of hydrogen-bond acceptors (Lipinski definition) is 5. The van der Waals surface area contributed by atoms with E-state index in [4.69, 9.17) is 16.7 Å². The lowest BCUT2D eigenvalue weighted by molar-refractivity contribution is -0.132. The first kappa shape index (κ1) is 21.8. The standard InChI is InChI=1S/C23H17ClN2O5S/c24-16-8-6-14(7-9-16)20-19(21(27)15-4-2-1-3-5-15)22(28)23(29)26(20)17-10-12-18(13-11-17)32(25,30)31/h1-13,20,27H,(H2,25,30,31)/b21-19+/t20-/m0/s1. The number of anilines is 1. The highest BCUT2D eigenvalue weighted by molar-refractivity contribution is 7.89. The number of aliphatic hydroxyl groups excluding tert-OH is 1. The summed E-state index contributed by atoms with van der Waals surface area (Å²) in [4.78, 5) is 27.2. The minimum atomic E-state index is -3.93.